The van der Waals surface area contributed by atoms with Crippen molar-refractivity contribution in [3.8, 4) is 5.75 Å². The molecule has 1 amide bonds. The van der Waals surface area contributed by atoms with Crippen LogP contribution in [0.5, 0.6) is 5.75 Å². The Balaban J connectivity index is 1.67. The molecule has 0 aliphatic rings. The van der Waals surface area contributed by atoms with Crippen LogP contribution in [0, 0.1) is 13.8 Å². The van der Waals surface area contributed by atoms with Gasteiger partial charge in [0, 0.05) is 21.8 Å². The molecule has 1 heterocycles. The summed E-state index contributed by atoms with van der Waals surface area (Å²) in [5, 5.41) is 9.39. The largest absolute Gasteiger partial charge is 0.491 e. The number of hydrogen-bond acceptors (Lipinski definition) is 4. The molecule has 0 aliphatic heterocycles. The van der Waals surface area contributed by atoms with Crippen molar-refractivity contribution in [2.75, 3.05) is 0 Å². The number of aromatic nitrogens is 2. The molecular formula is C23H25ClN4O2. The molecule has 1 N–H and O–H groups in total. The van der Waals surface area contributed by atoms with E-state index in [0.29, 0.717) is 17.1 Å². The van der Waals surface area contributed by atoms with E-state index in [1.165, 1.54) is 0 Å². The predicted octanol–water partition coefficient (Wildman–Crippen LogP) is 4.75. The summed E-state index contributed by atoms with van der Waals surface area (Å²) < 4.78 is 7.47. The Morgan fingerprint density at radius 3 is 2.57 bits per heavy atom. The minimum Gasteiger partial charge on any atom is -0.491 e. The highest BCUT2D eigenvalue weighted by Gasteiger charge is 2.12. The summed E-state index contributed by atoms with van der Waals surface area (Å²) in [7, 11) is 0. The number of nitrogens with one attached hydrogen (secondary N) is 1. The maximum atomic E-state index is 12.3. The van der Waals surface area contributed by atoms with Gasteiger partial charge in [-0.2, -0.15) is 10.2 Å². The van der Waals surface area contributed by atoms with Crippen LogP contribution in [0.1, 0.15) is 46.7 Å². The van der Waals surface area contributed by atoms with Crippen molar-refractivity contribution in [2.45, 2.75) is 40.3 Å². The minimum atomic E-state index is -0.291. The van der Waals surface area contributed by atoms with Crippen LogP contribution in [0.15, 0.2) is 53.6 Å². The Labute approximate surface area is 181 Å². The number of amides is 1. The highest BCUT2D eigenvalue weighted by Crippen LogP contribution is 2.19. The molecule has 7 heteroatoms. The van der Waals surface area contributed by atoms with Crippen molar-refractivity contribution in [1.82, 2.24) is 15.2 Å². The number of hydrogen-bond donors (Lipinski definition) is 1. The van der Waals surface area contributed by atoms with Gasteiger partial charge < -0.3 is 4.74 Å². The van der Waals surface area contributed by atoms with Gasteiger partial charge in [0.15, 0.2) is 0 Å². The van der Waals surface area contributed by atoms with Gasteiger partial charge in [-0.3, -0.25) is 9.48 Å². The molecule has 0 bridgehead atoms. The van der Waals surface area contributed by atoms with Crippen LogP contribution in [0.4, 0.5) is 0 Å². The molecule has 0 fully saturated rings. The molecule has 0 unspecified atom stereocenters. The van der Waals surface area contributed by atoms with Crippen molar-refractivity contribution in [3.05, 3.63) is 81.6 Å². The van der Waals surface area contributed by atoms with E-state index in [2.05, 4.69) is 15.6 Å². The van der Waals surface area contributed by atoms with Crippen molar-refractivity contribution in [1.29, 1.82) is 0 Å². The number of benzene rings is 2. The minimum absolute atomic E-state index is 0.0830. The first kappa shape index (κ1) is 21.6. The zero-order valence-corrected chi connectivity index (χ0v) is 18.3. The molecule has 156 valence electrons. The molecule has 0 radical (unpaired) electrons. The van der Waals surface area contributed by atoms with Crippen LogP contribution in [0.25, 0.3) is 0 Å². The first-order valence-corrected chi connectivity index (χ1v) is 10.1. The summed E-state index contributed by atoms with van der Waals surface area (Å²) in [5.74, 6) is 0.434. The molecule has 0 atom stereocenters. The third kappa shape index (κ3) is 5.27. The number of carbonyl (C=O) groups is 1. The molecule has 1 aromatic heterocycles. The molecule has 2 aromatic carbocycles. The van der Waals surface area contributed by atoms with Gasteiger partial charge in [-0.25, -0.2) is 5.43 Å². The summed E-state index contributed by atoms with van der Waals surface area (Å²) in [5.41, 5.74) is 6.70. The zero-order chi connectivity index (χ0) is 21.7. The average molecular weight is 425 g/mol. The summed E-state index contributed by atoms with van der Waals surface area (Å²) >= 11 is 6.26. The van der Waals surface area contributed by atoms with Crippen LogP contribution in [0.2, 0.25) is 5.02 Å². The van der Waals surface area contributed by atoms with Crippen molar-refractivity contribution >= 4 is 23.7 Å². The number of halogens is 1. The lowest BCUT2D eigenvalue weighted by molar-refractivity contribution is 0.0955. The number of ether oxygens (including phenoxy) is 1. The number of aryl methyl sites for hydroxylation is 1. The van der Waals surface area contributed by atoms with E-state index in [-0.39, 0.29) is 12.0 Å². The van der Waals surface area contributed by atoms with Gasteiger partial charge in [0.2, 0.25) is 0 Å². The highest BCUT2D eigenvalue weighted by atomic mass is 35.5. The van der Waals surface area contributed by atoms with Crippen LogP contribution in [-0.2, 0) is 6.54 Å². The summed E-state index contributed by atoms with van der Waals surface area (Å²) in [6.45, 7) is 8.35. The average Bonchev–Trinajstić information content (AvgIpc) is 2.97. The fourth-order valence-electron chi connectivity index (χ4n) is 3.02. The normalized spacial score (nSPS) is 11.3. The third-order valence-corrected chi connectivity index (χ3v) is 4.93. The van der Waals surface area contributed by atoms with E-state index < -0.39 is 0 Å². The summed E-state index contributed by atoms with van der Waals surface area (Å²) in [6, 6.07) is 14.6. The quantitative estimate of drug-likeness (QED) is 0.439. The highest BCUT2D eigenvalue weighted by molar-refractivity contribution is 6.31. The lowest BCUT2D eigenvalue weighted by Gasteiger charge is -2.09. The van der Waals surface area contributed by atoms with E-state index in [0.717, 1.165) is 28.3 Å². The maximum absolute atomic E-state index is 12.3. The monoisotopic (exact) mass is 424 g/mol. The fraction of sp³-hybridized carbons (Fsp3) is 0.261. The summed E-state index contributed by atoms with van der Waals surface area (Å²) in [6.07, 6.45) is 1.70. The zero-order valence-electron chi connectivity index (χ0n) is 17.5. The maximum Gasteiger partial charge on any atom is 0.271 e. The van der Waals surface area contributed by atoms with Gasteiger partial charge in [0.25, 0.3) is 5.91 Å². The van der Waals surface area contributed by atoms with E-state index in [4.69, 9.17) is 16.3 Å². The smallest absolute Gasteiger partial charge is 0.271 e. The third-order valence-electron chi connectivity index (χ3n) is 4.56. The second-order valence-electron chi connectivity index (χ2n) is 7.22. The second kappa shape index (κ2) is 9.59. The molecule has 30 heavy (non-hydrogen) atoms. The Kier molecular flexibility index (Phi) is 6.90. The van der Waals surface area contributed by atoms with Gasteiger partial charge in [-0.1, -0.05) is 29.8 Å². The van der Waals surface area contributed by atoms with Crippen LogP contribution >= 0.6 is 11.6 Å². The number of carbonyl (C=O) groups excluding carboxylic acids is 1. The SMILES string of the molecule is Cc1nn(Cc2ccccc2Cl)c(C)c1/C=N\NC(=O)c1ccc(OC(C)C)cc1. The number of nitrogens with zero attached hydrogens (tertiary/aromatic N) is 3. The lowest BCUT2D eigenvalue weighted by Crippen LogP contribution is -2.17. The summed E-state index contributed by atoms with van der Waals surface area (Å²) in [4.78, 5) is 12.3. The lowest BCUT2D eigenvalue weighted by atomic mass is 10.2. The Morgan fingerprint density at radius 2 is 1.90 bits per heavy atom. The van der Waals surface area contributed by atoms with E-state index in [1.807, 2.05) is 56.6 Å². The predicted molar refractivity (Wildman–Crippen MR) is 120 cm³/mol. The standard InChI is InChI=1S/C23H25ClN4O2/c1-15(2)30-20-11-9-18(10-12-20)23(29)26-25-13-21-16(3)27-28(17(21)4)14-19-7-5-6-8-22(19)24/h5-13,15H,14H2,1-4H3,(H,26,29)/b25-13-. The van der Waals surface area contributed by atoms with E-state index in [1.54, 1.807) is 30.5 Å². The number of hydrazone groups is 1. The molecule has 0 aliphatic carbocycles. The van der Waals surface area contributed by atoms with Crippen molar-refractivity contribution in [2.24, 2.45) is 5.10 Å². The number of rotatable bonds is 7. The molecule has 0 saturated heterocycles. The molecule has 3 aromatic rings. The van der Waals surface area contributed by atoms with Gasteiger partial charge in [-0.15, -0.1) is 0 Å². The molecule has 0 spiro atoms. The van der Waals surface area contributed by atoms with Gasteiger partial charge in [0.05, 0.1) is 24.6 Å². The van der Waals surface area contributed by atoms with Gasteiger partial charge >= 0.3 is 0 Å². The fourth-order valence-corrected chi connectivity index (χ4v) is 3.21. The van der Waals surface area contributed by atoms with Crippen LogP contribution in [-0.4, -0.2) is 28.0 Å². The molecular weight excluding hydrogens is 400 g/mol. The Hall–Kier alpha value is -3.12. The van der Waals surface area contributed by atoms with Crippen LogP contribution in [0.3, 0.4) is 0 Å². The Bertz CT molecular complexity index is 1060. The molecule has 3 rings (SSSR count). The van der Waals surface area contributed by atoms with E-state index >= 15 is 0 Å². The van der Waals surface area contributed by atoms with Crippen molar-refractivity contribution < 1.29 is 9.53 Å². The van der Waals surface area contributed by atoms with Gasteiger partial charge in [-0.05, 0) is 63.6 Å². The second-order valence-corrected chi connectivity index (χ2v) is 7.63. The molecule has 0 saturated carbocycles. The first-order chi connectivity index (χ1) is 14.3. The topological polar surface area (TPSA) is 68.5 Å². The molecule has 6 nitrogen and oxygen atoms in total. The van der Waals surface area contributed by atoms with E-state index in [9.17, 15) is 4.79 Å². The Morgan fingerprint density at radius 1 is 1.20 bits per heavy atom. The first-order valence-electron chi connectivity index (χ1n) is 9.72. The van der Waals surface area contributed by atoms with Crippen LogP contribution < -0.4 is 10.2 Å². The van der Waals surface area contributed by atoms with Gasteiger partial charge in [0.1, 0.15) is 5.75 Å². The van der Waals surface area contributed by atoms with Crippen molar-refractivity contribution in [3.63, 3.8) is 0 Å².